The standard InChI is InChI=1S/C19H26N2O3/c1-5-6-7-17(23)24-16-11-19(4,13(2)3)10-15(22)18(16)14-12-20-8-9-21-14/h8-9,12-13H,5-7,10-11H2,1-4H3. The van der Waals surface area contributed by atoms with Crippen LogP contribution in [0.15, 0.2) is 24.3 Å². The van der Waals surface area contributed by atoms with Crippen molar-refractivity contribution in [1.82, 2.24) is 9.97 Å². The van der Waals surface area contributed by atoms with Gasteiger partial charge in [-0.25, -0.2) is 0 Å². The van der Waals surface area contributed by atoms with Gasteiger partial charge < -0.3 is 4.74 Å². The number of aromatic nitrogens is 2. The smallest absolute Gasteiger partial charge is 0.310 e. The van der Waals surface area contributed by atoms with Gasteiger partial charge in [-0.1, -0.05) is 34.1 Å². The van der Waals surface area contributed by atoms with Crippen LogP contribution in [0, 0.1) is 11.3 Å². The summed E-state index contributed by atoms with van der Waals surface area (Å²) in [6.45, 7) is 8.29. The van der Waals surface area contributed by atoms with Crippen LogP contribution in [-0.4, -0.2) is 21.7 Å². The molecular formula is C19H26N2O3. The number of esters is 1. The molecule has 0 fully saturated rings. The van der Waals surface area contributed by atoms with Crippen LogP contribution in [0.1, 0.15) is 65.5 Å². The van der Waals surface area contributed by atoms with Crippen LogP contribution in [0.5, 0.6) is 0 Å². The molecule has 1 heterocycles. The van der Waals surface area contributed by atoms with E-state index in [1.54, 1.807) is 18.6 Å². The minimum atomic E-state index is -0.283. The van der Waals surface area contributed by atoms with E-state index in [9.17, 15) is 9.59 Å². The van der Waals surface area contributed by atoms with Crippen molar-refractivity contribution in [3.63, 3.8) is 0 Å². The molecule has 0 amide bonds. The summed E-state index contributed by atoms with van der Waals surface area (Å²) in [4.78, 5) is 33.2. The zero-order chi connectivity index (χ0) is 17.7. The van der Waals surface area contributed by atoms with Crippen molar-refractivity contribution in [3.05, 3.63) is 30.0 Å². The number of unbranched alkanes of at least 4 members (excludes halogenated alkanes) is 1. The fraction of sp³-hybridized carbons (Fsp3) is 0.579. The van der Waals surface area contributed by atoms with Crippen LogP contribution in [0.4, 0.5) is 0 Å². The number of hydrogen-bond acceptors (Lipinski definition) is 5. The lowest BCUT2D eigenvalue weighted by Crippen LogP contribution is -2.33. The molecule has 5 nitrogen and oxygen atoms in total. The van der Waals surface area contributed by atoms with Crippen LogP contribution in [-0.2, 0) is 14.3 Å². The van der Waals surface area contributed by atoms with E-state index in [1.807, 2.05) is 6.92 Å². The third kappa shape index (κ3) is 4.08. The maximum Gasteiger partial charge on any atom is 0.310 e. The number of carbonyl (C=O) groups excluding carboxylic acids is 2. The average Bonchev–Trinajstić information content (AvgIpc) is 2.53. The Bertz CT molecular complexity index is 637. The third-order valence-corrected chi connectivity index (χ3v) is 4.87. The summed E-state index contributed by atoms with van der Waals surface area (Å²) in [5.74, 6) is 0.434. The van der Waals surface area contributed by atoms with E-state index in [4.69, 9.17) is 4.74 Å². The molecule has 5 heteroatoms. The molecule has 1 aliphatic rings. The first-order valence-electron chi connectivity index (χ1n) is 8.60. The first-order chi connectivity index (χ1) is 11.4. The molecule has 0 aliphatic heterocycles. The van der Waals surface area contributed by atoms with E-state index in [0.717, 1.165) is 12.8 Å². The van der Waals surface area contributed by atoms with Crippen molar-refractivity contribution in [2.75, 3.05) is 0 Å². The van der Waals surface area contributed by atoms with Gasteiger partial charge in [0.25, 0.3) is 0 Å². The van der Waals surface area contributed by atoms with Gasteiger partial charge in [-0.3, -0.25) is 19.6 Å². The summed E-state index contributed by atoms with van der Waals surface area (Å²) in [6.07, 6.45) is 7.69. The van der Waals surface area contributed by atoms with E-state index in [2.05, 4.69) is 30.7 Å². The third-order valence-electron chi connectivity index (χ3n) is 4.87. The molecule has 1 atom stereocenters. The molecule has 0 bridgehead atoms. The van der Waals surface area contributed by atoms with E-state index in [0.29, 0.717) is 42.2 Å². The predicted molar refractivity (Wildman–Crippen MR) is 91.8 cm³/mol. The predicted octanol–water partition coefficient (Wildman–Crippen LogP) is 3.95. The highest BCUT2D eigenvalue weighted by atomic mass is 16.5. The largest absolute Gasteiger partial charge is 0.430 e. The number of hydrogen-bond donors (Lipinski definition) is 0. The normalized spacial score (nSPS) is 21.3. The van der Waals surface area contributed by atoms with Gasteiger partial charge in [0, 0.05) is 31.7 Å². The van der Waals surface area contributed by atoms with Crippen LogP contribution in [0.2, 0.25) is 0 Å². The van der Waals surface area contributed by atoms with E-state index >= 15 is 0 Å². The number of rotatable bonds is 6. The lowest BCUT2D eigenvalue weighted by molar-refractivity contribution is -0.140. The number of ketones is 1. The Morgan fingerprint density at radius 2 is 2.08 bits per heavy atom. The quantitative estimate of drug-likeness (QED) is 0.739. The molecule has 0 aromatic carbocycles. The number of carbonyl (C=O) groups is 2. The lowest BCUT2D eigenvalue weighted by Gasteiger charge is -2.37. The van der Waals surface area contributed by atoms with Crippen LogP contribution < -0.4 is 0 Å². The van der Waals surface area contributed by atoms with E-state index < -0.39 is 0 Å². The number of allylic oxidation sites excluding steroid dienone is 2. The molecule has 1 aromatic rings. The molecule has 0 saturated heterocycles. The molecular weight excluding hydrogens is 304 g/mol. The maximum absolute atomic E-state index is 12.8. The molecule has 130 valence electrons. The van der Waals surface area contributed by atoms with Gasteiger partial charge in [-0.05, 0) is 17.8 Å². The Labute approximate surface area is 143 Å². The molecule has 1 aromatic heterocycles. The van der Waals surface area contributed by atoms with Crippen molar-refractivity contribution in [2.45, 2.75) is 59.8 Å². The summed E-state index contributed by atoms with van der Waals surface area (Å²) in [5, 5.41) is 0. The number of ether oxygens (including phenoxy) is 1. The van der Waals surface area contributed by atoms with Crippen molar-refractivity contribution < 1.29 is 14.3 Å². The SMILES string of the molecule is CCCCC(=O)OC1=C(c2cnccn2)C(=O)CC(C)(C(C)C)C1. The summed E-state index contributed by atoms with van der Waals surface area (Å²) >= 11 is 0. The highest BCUT2D eigenvalue weighted by Crippen LogP contribution is 2.45. The zero-order valence-electron chi connectivity index (χ0n) is 15.0. The molecule has 1 unspecified atom stereocenters. The van der Waals surface area contributed by atoms with Crippen molar-refractivity contribution in [1.29, 1.82) is 0 Å². The summed E-state index contributed by atoms with van der Waals surface area (Å²) in [6, 6.07) is 0. The molecule has 2 rings (SSSR count). The second kappa shape index (κ2) is 7.69. The van der Waals surface area contributed by atoms with Crippen LogP contribution in [0.3, 0.4) is 0 Å². The van der Waals surface area contributed by atoms with Crippen LogP contribution >= 0.6 is 0 Å². The minimum absolute atomic E-state index is 0.0313. The Balaban J connectivity index is 2.40. The highest BCUT2D eigenvalue weighted by Gasteiger charge is 2.41. The minimum Gasteiger partial charge on any atom is -0.430 e. The van der Waals surface area contributed by atoms with Crippen LogP contribution in [0.25, 0.3) is 5.57 Å². The van der Waals surface area contributed by atoms with Gasteiger partial charge in [-0.2, -0.15) is 0 Å². The summed E-state index contributed by atoms with van der Waals surface area (Å²) in [7, 11) is 0. The zero-order valence-corrected chi connectivity index (χ0v) is 15.0. The number of Topliss-reactive ketones (excluding diaryl/α,β-unsaturated/α-hetero) is 1. The first-order valence-corrected chi connectivity index (χ1v) is 8.60. The topological polar surface area (TPSA) is 69.2 Å². The van der Waals surface area contributed by atoms with Gasteiger partial charge >= 0.3 is 5.97 Å². The molecule has 1 aliphatic carbocycles. The fourth-order valence-corrected chi connectivity index (χ4v) is 2.85. The summed E-state index contributed by atoms with van der Waals surface area (Å²) in [5.41, 5.74) is 0.668. The second-order valence-electron chi connectivity index (χ2n) is 7.05. The second-order valence-corrected chi connectivity index (χ2v) is 7.05. The Morgan fingerprint density at radius 3 is 2.67 bits per heavy atom. The fourth-order valence-electron chi connectivity index (χ4n) is 2.85. The van der Waals surface area contributed by atoms with Gasteiger partial charge in [0.1, 0.15) is 5.76 Å². The average molecular weight is 330 g/mol. The summed E-state index contributed by atoms with van der Waals surface area (Å²) < 4.78 is 5.63. The molecule has 0 N–H and O–H groups in total. The Morgan fingerprint density at radius 1 is 1.33 bits per heavy atom. The first kappa shape index (κ1) is 18.3. The van der Waals surface area contributed by atoms with Gasteiger partial charge in [0.05, 0.1) is 17.5 Å². The van der Waals surface area contributed by atoms with Gasteiger partial charge in [0.2, 0.25) is 0 Å². The maximum atomic E-state index is 12.8. The van der Waals surface area contributed by atoms with Crippen molar-refractivity contribution in [2.24, 2.45) is 11.3 Å². The monoisotopic (exact) mass is 330 g/mol. The van der Waals surface area contributed by atoms with Crippen molar-refractivity contribution in [3.8, 4) is 0 Å². The van der Waals surface area contributed by atoms with Crippen molar-refractivity contribution >= 4 is 17.3 Å². The molecule has 0 spiro atoms. The lowest BCUT2D eigenvalue weighted by atomic mass is 9.68. The molecule has 24 heavy (non-hydrogen) atoms. The Hall–Kier alpha value is -2.04. The van der Waals surface area contributed by atoms with Gasteiger partial charge in [-0.15, -0.1) is 0 Å². The molecule has 0 radical (unpaired) electrons. The van der Waals surface area contributed by atoms with Gasteiger partial charge in [0.15, 0.2) is 5.78 Å². The highest BCUT2D eigenvalue weighted by molar-refractivity contribution is 6.21. The Kier molecular flexibility index (Phi) is 5.86. The number of nitrogens with zero attached hydrogens (tertiary/aromatic N) is 2. The molecule has 0 saturated carbocycles. The van der Waals surface area contributed by atoms with E-state index in [-0.39, 0.29) is 17.2 Å². The van der Waals surface area contributed by atoms with E-state index in [1.165, 1.54) is 0 Å².